The molecule has 6 heteroatoms. The minimum absolute atomic E-state index is 0.211. The summed E-state index contributed by atoms with van der Waals surface area (Å²) >= 11 is 0. The van der Waals surface area contributed by atoms with Crippen LogP contribution in [0.1, 0.15) is 11.9 Å². The van der Waals surface area contributed by atoms with Crippen molar-refractivity contribution in [2.45, 2.75) is 6.04 Å². The van der Waals surface area contributed by atoms with Gasteiger partial charge in [-0.3, -0.25) is 4.79 Å². The van der Waals surface area contributed by atoms with Gasteiger partial charge in [-0.1, -0.05) is 12.1 Å². The Morgan fingerprint density at radius 2 is 2.22 bits per heavy atom. The lowest BCUT2D eigenvalue weighted by Crippen LogP contribution is -2.21. The summed E-state index contributed by atoms with van der Waals surface area (Å²) in [7, 11) is 1.57. The molecule has 0 amide bonds. The SMILES string of the molecule is COc1ccccc1-c1cnc(C(N)C(=O)O)[nH]1. The first-order chi connectivity index (χ1) is 8.63. The minimum atomic E-state index is -1.16. The highest BCUT2D eigenvalue weighted by atomic mass is 16.5. The third kappa shape index (κ3) is 2.18. The number of hydrogen-bond donors (Lipinski definition) is 3. The number of nitrogens with two attached hydrogens (primary N) is 1. The minimum Gasteiger partial charge on any atom is -0.496 e. The van der Waals surface area contributed by atoms with Crippen LogP contribution in [-0.4, -0.2) is 28.2 Å². The number of ether oxygens (including phenoxy) is 1. The maximum absolute atomic E-state index is 10.8. The van der Waals surface area contributed by atoms with Gasteiger partial charge in [0.05, 0.1) is 19.0 Å². The number of rotatable bonds is 4. The predicted molar refractivity (Wildman–Crippen MR) is 65.1 cm³/mol. The van der Waals surface area contributed by atoms with E-state index >= 15 is 0 Å². The molecule has 0 spiro atoms. The van der Waals surface area contributed by atoms with Gasteiger partial charge in [-0.25, -0.2) is 4.98 Å². The van der Waals surface area contributed by atoms with Crippen LogP contribution in [0.25, 0.3) is 11.3 Å². The highest BCUT2D eigenvalue weighted by Crippen LogP contribution is 2.28. The molecule has 0 saturated heterocycles. The monoisotopic (exact) mass is 247 g/mol. The summed E-state index contributed by atoms with van der Waals surface area (Å²) in [5.41, 5.74) is 6.94. The van der Waals surface area contributed by atoms with Crippen molar-refractivity contribution in [3.05, 3.63) is 36.3 Å². The molecule has 94 valence electrons. The summed E-state index contributed by atoms with van der Waals surface area (Å²) < 4.78 is 5.22. The molecule has 0 aliphatic heterocycles. The summed E-state index contributed by atoms with van der Waals surface area (Å²) in [6.45, 7) is 0. The van der Waals surface area contributed by atoms with E-state index in [1.807, 2.05) is 24.3 Å². The number of carboxylic acids is 1. The van der Waals surface area contributed by atoms with Crippen molar-refractivity contribution in [2.75, 3.05) is 7.11 Å². The highest BCUT2D eigenvalue weighted by Gasteiger charge is 2.18. The van der Waals surface area contributed by atoms with Crippen LogP contribution in [0.15, 0.2) is 30.5 Å². The molecule has 0 fully saturated rings. The molecule has 2 rings (SSSR count). The fourth-order valence-electron chi connectivity index (χ4n) is 1.62. The predicted octanol–water partition coefficient (Wildman–Crippen LogP) is 1.17. The Balaban J connectivity index is 2.38. The Hall–Kier alpha value is -2.34. The zero-order chi connectivity index (χ0) is 13.1. The zero-order valence-electron chi connectivity index (χ0n) is 9.75. The summed E-state index contributed by atoms with van der Waals surface area (Å²) in [5.74, 6) is -0.240. The quantitative estimate of drug-likeness (QED) is 0.752. The number of hydrogen-bond acceptors (Lipinski definition) is 4. The van der Waals surface area contributed by atoms with E-state index in [1.54, 1.807) is 7.11 Å². The number of benzene rings is 1. The maximum atomic E-state index is 10.8. The van der Waals surface area contributed by atoms with Gasteiger partial charge in [0.2, 0.25) is 0 Å². The Kier molecular flexibility index (Phi) is 3.29. The average Bonchev–Trinajstić information content (AvgIpc) is 2.87. The van der Waals surface area contributed by atoms with Crippen molar-refractivity contribution in [1.29, 1.82) is 0 Å². The first-order valence-corrected chi connectivity index (χ1v) is 5.30. The number of nitrogens with one attached hydrogen (secondary N) is 1. The fraction of sp³-hybridized carbons (Fsp3) is 0.167. The number of methoxy groups -OCH3 is 1. The van der Waals surface area contributed by atoms with Crippen molar-refractivity contribution in [2.24, 2.45) is 5.73 Å². The van der Waals surface area contributed by atoms with Crippen LogP contribution in [0.5, 0.6) is 5.75 Å². The van der Waals surface area contributed by atoms with E-state index in [2.05, 4.69) is 9.97 Å². The van der Waals surface area contributed by atoms with Crippen molar-refractivity contribution in [3.8, 4) is 17.0 Å². The number of carbonyl (C=O) groups is 1. The zero-order valence-corrected chi connectivity index (χ0v) is 9.75. The van der Waals surface area contributed by atoms with Crippen LogP contribution in [0, 0.1) is 0 Å². The third-order valence-corrected chi connectivity index (χ3v) is 2.55. The van der Waals surface area contributed by atoms with Gasteiger partial charge in [-0.05, 0) is 12.1 Å². The van der Waals surface area contributed by atoms with Crippen molar-refractivity contribution in [1.82, 2.24) is 9.97 Å². The number of aliphatic carboxylic acids is 1. The van der Waals surface area contributed by atoms with Gasteiger partial charge in [0, 0.05) is 5.56 Å². The number of imidazole rings is 1. The summed E-state index contributed by atoms with van der Waals surface area (Å²) in [4.78, 5) is 17.6. The number of carboxylic acid groups (broad SMARTS) is 1. The number of nitrogens with zero attached hydrogens (tertiary/aromatic N) is 1. The van der Waals surface area contributed by atoms with Gasteiger partial charge >= 0.3 is 5.97 Å². The van der Waals surface area contributed by atoms with Crippen molar-refractivity contribution >= 4 is 5.97 Å². The van der Waals surface area contributed by atoms with Crippen LogP contribution in [-0.2, 0) is 4.79 Å². The van der Waals surface area contributed by atoms with Crippen LogP contribution in [0.4, 0.5) is 0 Å². The maximum Gasteiger partial charge on any atom is 0.328 e. The molecular formula is C12H13N3O3. The number of aromatic nitrogens is 2. The largest absolute Gasteiger partial charge is 0.496 e. The van der Waals surface area contributed by atoms with Gasteiger partial charge in [0.25, 0.3) is 0 Å². The van der Waals surface area contributed by atoms with E-state index in [0.717, 1.165) is 5.56 Å². The van der Waals surface area contributed by atoms with E-state index in [4.69, 9.17) is 15.6 Å². The van der Waals surface area contributed by atoms with E-state index in [9.17, 15) is 4.79 Å². The molecule has 4 N–H and O–H groups in total. The smallest absolute Gasteiger partial charge is 0.328 e. The Bertz CT molecular complexity index is 565. The number of aromatic amines is 1. The molecule has 1 aromatic heterocycles. The Morgan fingerprint density at radius 1 is 1.50 bits per heavy atom. The van der Waals surface area contributed by atoms with Crippen molar-refractivity contribution < 1.29 is 14.6 Å². The number of para-hydroxylation sites is 1. The Morgan fingerprint density at radius 3 is 2.89 bits per heavy atom. The van der Waals surface area contributed by atoms with Gasteiger partial charge < -0.3 is 20.6 Å². The first kappa shape index (κ1) is 12.1. The molecule has 0 saturated carbocycles. The van der Waals surface area contributed by atoms with E-state index in [1.165, 1.54) is 6.20 Å². The van der Waals surface area contributed by atoms with E-state index in [-0.39, 0.29) is 5.82 Å². The molecule has 0 aliphatic carbocycles. The topological polar surface area (TPSA) is 101 Å². The average molecular weight is 247 g/mol. The fourth-order valence-corrected chi connectivity index (χ4v) is 1.62. The molecule has 0 radical (unpaired) electrons. The molecule has 1 heterocycles. The second-order valence-electron chi connectivity index (χ2n) is 3.70. The molecule has 1 unspecified atom stereocenters. The lowest BCUT2D eigenvalue weighted by atomic mass is 10.1. The van der Waals surface area contributed by atoms with E-state index < -0.39 is 12.0 Å². The van der Waals surface area contributed by atoms with Gasteiger partial charge in [0.1, 0.15) is 11.6 Å². The molecule has 0 aliphatic rings. The Labute approximate surface area is 103 Å². The molecule has 1 aromatic carbocycles. The number of H-pyrrole nitrogens is 1. The molecular weight excluding hydrogens is 234 g/mol. The molecule has 6 nitrogen and oxygen atoms in total. The first-order valence-electron chi connectivity index (χ1n) is 5.30. The van der Waals surface area contributed by atoms with Crippen LogP contribution in [0.3, 0.4) is 0 Å². The lowest BCUT2D eigenvalue weighted by Gasteiger charge is -2.06. The molecule has 2 aromatic rings. The second kappa shape index (κ2) is 4.89. The van der Waals surface area contributed by atoms with Crippen LogP contribution >= 0.6 is 0 Å². The van der Waals surface area contributed by atoms with Gasteiger partial charge in [0.15, 0.2) is 6.04 Å². The summed E-state index contributed by atoms with van der Waals surface area (Å²) in [6, 6.07) is 6.21. The molecule has 1 atom stereocenters. The molecule has 18 heavy (non-hydrogen) atoms. The lowest BCUT2D eigenvalue weighted by molar-refractivity contribution is -0.138. The summed E-state index contributed by atoms with van der Waals surface area (Å²) in [5, 5.41) is 8.81. The van der Waals surface area contributed by atoms with Gasteiger partial charge in [-0.2, -0.15) is 0 Å². The standard InChI is InChI=1S/C12H13N3O3/c1-18-9-5-3-2-4-7(9)8-6-14-11(15-8)10(13)12(16)17/h2-6,10H,13H2,1H3,(H,14,15)(H,16,17). The van der Waals surface area contributed by atoms with E-state index in [0.29, 0.717) is 11.4 Å². The van der Waals surface area contributed by atoms with Gasteiger partial charge in [-0.15, -0.1) is 0 Å². The van der Waals surface area contributed by atoms with Crippen molar-refractivity contribution in [3.63, 3.8) is 0 Å². The van der Waals surface area contributed by atoms with Crippen LogP contribution < -0.4 is 10.5 Å². The third-order valence-electron chi connectivity index (χ3n) is 2.55. The van der Waals surface area contributed by atoms with Crippen LogP contribution in [0.2, 0.25) is 0 Å². The second-order valence-corrected chi connectivity index (χ2v) is 3.70. The normalized spacial score (nSPS) is 12.1. The summed E-state index contributed by atoms with van der Waals surface area (Å²) in [6.07, 6.45) is 1.54. The highest BCUT2D eigenvalue weighted by molar-refractivity contribution is 5.74. The molecule has 0 bridgehead atoms.